The molecule has 0 bridgehead atoms. The highest BCUT2D eigenvalue weighted by Crippen LogP contribution is 2.33. The van der Waals surface area contributed by atoms with Crippen LogP contribution in [-0.4, -0.2) is 10.5 Å². The van der Waals surface area contributed by atoms with Gasteiger partial charge in [-0.05, 0) is 26.0 Å². The summed E-state index contributed by atoms with van der Waals surface area (Å²) in [4.78, 5) is 10.2. The third kappa shape index (κ3) is 1.83. The van der Waals surface area contributed by atoms with Gasteiger partial charge in [0.25, 0.3) is 5.69 Å². The smallest absolute Gasteiger partial charge is 0.273 e. The van der Waals surface area contributed by atoms with Crippen molar-refractivity contribution in [3.05, 3.63) is 40.0 Å². The summed E-state index contributed by atoms with van der Waals surface area (Å²) in [7, 11) is 0. The molecule has 1 aliphatic rings. The Kier molecular flexibility index (Phi) is 2.00. The van der Waals surface area contributed by atoms with Crippen LogP contribution in [0.25, 0.3) is 6.08 Å². The minimum atomic E-state index is -0.422. The van der Waals surface area contributed by atoms with Gasteiger partial charge >= 0.3 is 0 Å². The molecule has 1 aliphatic heterocycles. The molecule has 0 unspecified atom stereocenters. The zero-order valence-electron chi connectivity index (χ0n) is 8.56. The Bertz CT molecular complexity index is 449. The zero-order chi connectivity index (χ0) is 11.1. The van der Waals surface area contributed by atoms with E-state index in [9.17, 15) is 10.1 Å². The van der Waals surface area contributed by atoms with Crippen LogP contribution in [0.4, 0.5) is 5.69 Å². The molecule has 0 amide bonds. The lowest BCUT2D eigenvalue weighted by atomic mass is 10.0. The Morgan fingerprint density at radius 3 is 2.80 bits per heavy atom. The molecular weight excluding hydrogens is 194 g/mol. The molecule has 0 radical (unpaired) electrons. The predicted octanol–water partition coefficient (Wildman–Crippen LogP) is 2.78. The summed E-state index contributed by atoms with van der Waals surface area (Å²) in [6, 6.07) is 4.63. The number of hydrogen-bond acceptors (Lipinski definition) is 3. The Labute approximate surface area is 87.3 Å². The molecule has 78 valence electrons. The van der Waals surface area contributed by atoms with Gasteiger partial charge in [-0.1, -0.05) is 6.08 Å². The first-order valence-electron chi connectivity index (χ1n) is 4.65. The summed E-state index contributed by atoms with van der Waals surface area (Å²) in [5, 5.41) is 10.6. The molecule has 0 aromatic heterocycles. The van der Waals surface area contributed by atoms with Crippen LogP contribution in [0.5, 0.6) is 5.75 Å². The largest absolute Gasteiger partial charge is 0.483 e. The second kappa shape index (κ2) is 3.08. The van der Waals surface area contributed by atoms with Crippen LogP contribution < -0.4 is 4.74 Å². The number of nitrogens with zero attached hydrogens (tertiary/aromatic N) is 1. The first-order valence-corrected chi connectivity index (χ1v) is 4.65. The first-order chi connectivity index (χ1) is 6.98. The monoisotopic (exact) mass is 205 g/mol. The number of nitro benzene ring substituents is 1. The lowest BCUT2D eigenvalue weighted by Crippen LogP contribution is -2.27. The van der Waals surface area contributed by atoms with Gasteiger partial charge in [-0.25, -0.2) is 0 Å². The third-order valence-corrected chi connectivity index (χ3v) is 2.25. The van der Waals surface area contributed by atoms with Crippen LogP contribution in [-0.2, 0) is 0 Å². The number of ether oxygens (including phenoxy) is 1. The van der Waals surface area contributed by atoms with E-state index >= 15 is 0 Å². The van der Waals surface area contributed by atoms with Gasteiger partial charge in [-0.15, -0.1) is 0 Å². The molecule has 15 heavy (non-hydrogen) atoms. The van der Waals surface area contributed by atoms with E-state index < -0.39 is 10.5 Å². The van der Waals surface area contributed by atoms with E-state index in [-0.39, 0.29) is 5.69 Å². The summed E-state index contributed by atoms with van der Waals surface area (Å²) >= 11 is 0. The summed E-state index contributed by atoms with van der Waals surface area (Å²) in [6.45, 7) is 3.82. The van der Waals surface area contributed by atoms with Crippen molar-refractivity contribution in [1.29, 1.82) is 0 Å². The second-order valence-electron chi connectivity index (χ2n) is 4.02. The first kappa shape index (κ1) is 9.71. The van der Waals surface area contributed by atoms with Gasteiger partial charge in [0.05, 0.1) is 11.0 Å². The van der Waals surface area contributed by atoms with Crippen LogP contribution in [0.15, 0.2) is 24.3 Å². The number of nitro groups is 1. The van der Waals surface area contributed by atoms with E-state index in [1.165, 1.54) is 12.1 Å². The normalized spacial score (nSPS) is 16.7. The van der Waals surface area contributed by atoms with E-state index in [1.807, 2.05) is 26.0 Å². The average Bonchev–Trinajstić information content (AvgIpc) is 2.15. The number of benzene rings is 1. The van der Waals surface area contributed by atoms with Crippen molar-refractivity contribution in [3.63, 3.8) is 0 Å². The lowest BCUT2D eigenvalue weighted by Gasteiger charge is -2.27. The third-order valence-electron chi connectivity index (χ3n) is 2.25. The topological polar surface area (TPSA) is 52.4 Å². The molecule has 0 atom stereocenters. The predicted molar refractivity (Wildman–Crippen MR) is 56.8 cm³/mol. The molecule has 4 nitrogen and oxygen atoms in total. The average molecular weight is 205 g/mol. The fourth-order valence-electron chi connectivity index (χ4n) is 1.47. The van der Waals surface area contributed by atoms with Crippen LogP contribution in [0, 0.1) is 10.1 Å². The SMILES string of the molecule is CC1(C)C=Cc2ccc([N+](=O)[O-])cc2O1. The number of fused-ring (bicyclic) bond motifs is 1. The molecule has 1 aromatic rings. The maximum Gasteiger partial charge on any atom is 0.273 e. The van der Waals surface area contributed by atoms with Crippen molar-refractivity contribution in [3.8, 4) is 5.75 Å². The molecule has 1 aromatic carbocycles. The standard InChI is InChI=1S/C11H11NO3/c1-11(2)6-5-8-3-4-9(12(13)14)7-10(8)15-11/h3-7H,1-2H3. The Morgan fingerprint density at radius 1 is 1.40 bits per heavy atom. The Hall–Kier alpha value is -1.84. The summed E-state index contributed by atoms with van der Waals surface area (Å²) in [5.74, 6) is 0.566. The lowest BCUT2D eigenvalue weighted by molar-refractivity contribution is -0.385. The highest BCUT2D eigenvalue weighted by atomic mass is 16.6. The Morgan fingerprint density at radius 2 is 2.13 bits per heavy atom. The number of rotatable bonds is 1. The molecule has 0 N–H and O–H groups in total. The molecule has 1 heterocycles. The van der Waals surface area contributed by atoms with Crippen LogP contribution >= 0.6 is 0 Å². The van der Waals surface area contributed by atoms with E-state index in [4.69, 9.17) is 4.74 Å². The van der Waals surface area contributed by atoms with Crippen molar-refractivity contribution in [2.45, 2.75) is 19.4 Å². The molecule has 0 saturated carbocycles. The fraction of sp³-hybridized carbons (Fsp3) is 0.273. The molecule has 0 spiro atoms. The summed E-state index contributed by atoms with van der Waals surface area (Å²) in [6.07, 6.45) is 3.85. The summed E-state index contributed by atoms with van der Waals surface area (Å²) in [5.41, 5.74) is 0.530. The minimum absolute atomic E-state index is 0.0554. The van der Waals surface area contributed by atoms with E-state index in [1.54, 1.807) is 6.07 Å². The molecule has 2 rings (SSSR count). The van der Waals surface area contributed by atoms with Crippen molar-refractivity contribution < 1.29 is 9.66 Å². The van der Waals surface area contributed by atoms with Gasteiger partial charge in [-0.2, -0.15) is 0 Å². The van der Waals surface area contributed by atoms with Gasteiger partial charge in [-0.3, -0.25) is 10.1 Å². The van der Waals surface area contributed by atoms with Crippen molar-refractivity contribution >= 4 is 11.8 Å². The highest BCUT2D eigenvalue weighted by Gasteiger charge is 2.23. The Balaban J connectivity index is 2.46. The number of non-ortho nitro benzene ring substituents is 1. The van der Waals surface area contributed by atoms with Crippen molar-refractivity contribution in [1.82, 2.24) is 0 Å². The molecule has 0 aliphatic carbocycles. The molecule has 0 fully saturated rings. The van der Waals surface area contributed by atoms with Crippen molar-refractivity contribution in [2.75, 3.05) is 0 Å². The van der Waals surface area contributed by atoms with Gasteiger partial charge in [0.1, 0.15) is 11.4 Å². The molecular formula is C11H11NO3. The highest BCUT2D eigenvalue weighted by molar-refractivity contribution is 5.63. The van der Waals surface area contributed by atoms with Crippen molar-refractivity contribution in [2.24, 2.45) is 0 Å². The molecule has 0 saturated heterocycles. The second-order valence-corrected chi connectivity index (χ2v) is 4.02. The van der Waals surface area contributed by atoms with E-state index in [2.05, 4.69) is 0 Å². The van der Waals surface area contributed by atoms with Gasteiger partial charge in [0, 0.05) is 11.6 Å². The van der Waals surface area contributed by atoms with Gasteiger partial charge in [0.2, 0.25) is 0 Å². The fourth-order valence-corrected chi connectivity index (χ4v) is 1.47. The maximum atomic E-state index is 10.6. The van der Waals surface area contributed by atoms with E-state index in [0.29, 0.717) is 5.75 Å². The summed E-state index contributed by atoms with van der Waals surface area (Å²) < 4.78 is 5.62. The van der Waals surface area contributed by atoms with Crippen LogP contribution in [0.2, 0.25) is 0 Å². The van der Waals surface area contributed by atoms with Crippen LogP contribution in [0.3, 0.4) is 0 Å². The van der Waals surface area contributed by atoms with Gasteiger partial charge < -0.3 is 4.74 Å². The van der Waals surface area contributed by atoms with E-state index in [0.717, 1.165) is 5.56 Å². The van der Waals surface area contributed by atoms with Crippen LogP contribution in [0.1, 0.15) is 19.4 Å². The quantitative estimate of drug-likeness (QED) is 0.523. The zero-order valence-corrected chi connectivity index (χ0v) is 8.56. The maximum absolute atomic E-state index is 10.6. The van der Waals surface area contributed by atoms with Gasteiger partial charge in [0.15, 0.2) is 0 Å². The number of hydrogen-bond donors (Lipinski definition) is 0. The molecule has 4 heteroatoms. The minimum Gasteiger partial charge on any atom is -0.483 e.